The first-order valence-electron chi connectivity index (χ1n) is 7.43. The fourth-order valence-corrected chi connectivity index (χ4v) is 2.10. The number of tetrazole rings is 1. The molecule has 0 spiro atoms. The van der Waals surface area contributed by atoms with E-state index in [2.05, 4.69) is 20.8 Å². The first-order chi connectivity index (χ1) is 10.8. The summed E-state index contributed by atoms with van der Waals surface area (Å²) in [6, 6.07) is 9.37. The number of nitrogens with zero attached hydrogens (tertiary/aromatic N) is 4. The molecule has 1 amide bonds. The Bertz CT molecular complexity index is 544. The van der Waals surface area contributed by atoms with Crippen molar-refractivity contribution in [2.45, 2.75) is 25.8 Å². The van der Waals surface area contributed by atoms with Gasteiger partial charge in [-0.1, -0.05) is 30.3 Å². The van der Waals surface area contributed by atoms with Crippen molar-refractivity contribution in [3.63, 3.8) is 0 Å². The minimum atomic E-state index is -0.454. The molecule has 118 valence electrons. The van der Waals surface area contributed by atoms with E-state index < -0.39 is 6.04 Å². The second kappa shape index (κ2) is 8.89. The summed E-state index contributed by atoms with van der Waals surface area (Å²) >= 11 is 0. The van der Waals surface area contributed by atoms with E-state index in [1.807, 2.05) is 37.3 Å². The molecule has 1 aromatic heterocycles. The number of carbonyl (C=O) groups excluding carboxylic acids is 1. The van der Waals surface area contributed by atoms with Crippen LogP contribution in [0.3, 0.4) is 0 Å². The van der Waals surface area contributed by atoms with E-state index in [4.69, 9.17) is 4.74 Å². The third kappa shape index (κ3) is 4.92. The van der Waals surface area contributed by atoms with Crippen LogP contribution in [0.15, 0.2) is 36.7 Å². The molecule has 1 unspecified atom stereocenters. The molecule has 22 heavy (non-hydrogen) atoms. The third-order valence-electron chi connectivity index (χ3n) is 3.23. The second-order valence-electron chi connectivity index (χ2n) is 4.84. The number of hydrogen-bond donors (Lipinski definition) is 1. The average molecular weight is 303 g/mol. The monoisotopic (exact) mass is 303 g/mol. The van der Waals surface area contributed by atoms with Crippen molar-refractivity contribution in [1.82, 2.24) is 25.5 Å². The first kappa shape index (κ1) is 16.1. The maximum Gasteiger partial charge on any atom is 0.245 e. The Labute approximate surface area is 129 Å². The fourth-order valence-electron chi connectivity index (χ4n) is 2.10. The van der Waals surface area contributed by atoms with Gasteiger partial charge in [0.25, 0.3) is 0 Å². The Morgan fingerprint density at radius 2 is 2.18 bits per heavy atom. The van der Waals surface area contributed by atoms with Gasteiger partial charge in [-0.2, -0.15) is 0 Å². The highest BCUT2D eigenvalue weighted by molar-refractivity contribution is 5.80. The zero-order valence-electron chi connectivity index (χ0n) is 12.7. The molecule has 0 bridgehead atoms. The van der Waals surface area contributed by atoms with E-state index >= 15 is 0 Å². The molecule has 1 atom stereocenters. The number of aromatic nitrogens is 4. The topological polar surface area (TPSA) is 81.9 Å². The standard InChI is InChI=1S/C15H21N5O2/c1-2-22-10-6-9-16-15(21)14(20-12-17-18-19-20)11-13-7-4-3-5-8-13/h3-5,7-8,12,14H,2,6,9-11H2,1H3,(H,16,21). The van der Waals surface area contributed by atoms with Gasteiger partial charge in [-0.05, 0) is 29.3 Å². The van der Waals surface area contributed by atoms with E-state index in [0.29, 0.717) is 26.2 Å². The second-order valence-corrected chi connectivity index (χ2v) is 4.84. The molecular weight excluding hydrogens is 282 g/mol. The van der Waals surface area contributed by atoms with Crippen molar-refractivity contribution in [2.75, 3.05) is 19.8 Å². The number of benzene rings is 1. The highest BCUT2D eigenvalue weighted by atomic mass is 16.5. The maximum atomic E-state index is 12.4. The van der Waals surface area contributed by atoms with Crippen molar-refractivity contribution < 1.29 is 9.53 Å². The summed E-state index contributed by atoms with van der Waals surface area (Å²) in [4.78, 5) is 12.4. The number of nitrogens with one attached hydrogen (secondary N) is 1. The summed E-state index contributed by atoms with van der Waals surface area (Å²) in [6.07, 6.45) is 2.80. The van der Waals surface area contributed by atoms with E-state index in [9.17, 15) is 4.79 Å². The van der Waals surface area contributed by atoms with Crippen LogP contribution in [0.5, 0.6) is 0 Å². The normalized spacial score (nSPS) is 12.0. The molecule has 0 saturated carbocycles. The van der Waals surface area contributed by atoms with Gasteiger partial charge in [-0.15, -0.1) is 5.10 Å². The third-order valence-corrected chi connectivity index (χ3v) is 3.23. The molecule has 7 heteroatoms. The van der Waals surface area contributed by atoms with Gasteiger partial charge in [-0.25, -0.2) is 4.68 Å². The molecule has 0 aliphatic carbocycles. The SMILES string of the molecule is CCOCCCNC(=O)C(Cc1ccccc1)n1cnnn1. The highest BCUT2D eigenvalue weighted by Crippen LogP contribution is 2.13. The maximum absolute atomic E-state index is 12.4. The number of rotatable bonds is 9. The lowest BCUT2D eigenvalue weighted by Crippen LogP contribution is -2.35. The predicted octanol–water partition coefficient (Wildman–Crippen LogP) is 1.000. The van der Waals surface area contributed by atoms with Crippen LogP contribution in [-0.4, -0.2) is 45.9 Å². The van der Waals surface area contributed by atoms with Crippen LogP contribution in [0.4, 0.5) is 0 Å². The minimum absolute atomic E-state index is 0.0901. The van der Waals surface area contributed by atoms with Crippen LogP contribution in [-0.2, 0) is 16.0 Å². The lowest BCUT2D eigenvalue weighted by molar-refractivity contribution is -0.124. The highest BCUT2D eigenvalue weighted by Gasteiger charge is 2.21. The molecule has 0 radical (unpaired) electrons. The summed E-state index contributed by atoms with van der Waals surface area (Å²) in [5, 5.41) is 14.0. The summed E-state index contributed by atoms with van der Waals surface area (Å²) in [5.74, 6) is -0.0901. The van der Waals surface area contributed by atoms with Crippen LogP contribution >= 0.6 is 0 Å². The average Bonchev–Trinajstić information content (AvgIpc) is 3.07. The predicted molar refractivity (Wildman–Crippen MR) is 81.1 cm³/mol. The number of ether oxygens (including phenoxy) is 1. The Balaban J connectivity index is 1.94. The number of amides is 1. The van der Waals surface area contributed by atoms with Crippen molar-refractivity contribution in [3.05, 3.63) is 42.2 Å². The van der Waals surface area contributed by atoms with Crippen molar-refractivity contribution in [1.29, 1.82) is 0 Å². The van der Waals surface area contributed by atoms with Gasteiger partial charge in [0.05, 0.1) is 0 Å². The largest absolute Gasteiger partial charge is 0.382 e. The Morgan fingerprint density at radius 1 is 1.36 bits per heavy atom. The summed E-state index contributed by atoms with van der Waals surface area (Å²) < 4.78 is 6.75. The van der Waals surface area contributed by atoms with Crippen LogP contribution in [0.25, 0.3) is 0 Å². The van der Waals surface area contributed by atoms with Crippen LogP contribution in [0.1, 0.15) is 24.9 Å². The molecule has 1 N–H and O–H groups in total. The lowest BCUT2D eigenvalue weighted by Gasteiger charge is -2.16. The zero-order valence-corrected chi connectivity index (χ0v) is 12.7. The molecule has 0 aliphatic rings. The molecule has 0 saturated heterocycles. The number of hydrogen-bond acceptors (Lipinski definition) is 5. The van der Waals surface area contributed by atoms with E-state index in [-0.39, 0.29) is 5.91 Å². The molecule has 7 nitrogen and oxygen atoms in total. The number of carbonyl (C=O) groups is 1. The molecule has 2 aromatic rings. The van der Waals surface area contributed by atoms with Crippen LogP contribution in [0, 0.1) is 0 Å². The van der Waals surface area contributed by atoms with Gasteiger partial charge in [-0.3, -0.25) is 4.79 Å². The van der Waals surface area contributed by atoms with Gasteiger partial charge in [0.1, 0.15) is 12.4 Å². The Hall–Kier alpha value is -2.28. The summed E-state index contributed by atoms with van der Waals surface area (Å²) in [7, 11) is 0. The zero-order chi connectivity index (χ0) is 15.6. The van der Waals surface area contributed by atoms with Crippen LogP contribution < -0.4 is 5.32 Å². The minimum Gasteiger partial charge on any atom is -0.382 e. The van der Waals surface area contributed by atoms with Gasteiger partial charge in [0, 0.05) is 26.2 Å². The molecule has 0 fully saturated rings. The van der Waals surface area contributed by atoms with Crippen molar-refractivity contribution in [3.8, 4) is 0 Å². The molecule has 2 rings (SSSR count). The van der Waals surface area contributed by atoms with Gasteiger partial charge in [0.15, 0.2) is 0 Å². The quantitative estimate of drug-likeness (QED) is 0.699. The van der Waals surface area contributed by atoms with Gasteiger partial charge < -0.3 is 10.1 Å². The molecule has 1 heterocycles. The lowest BCUT2D eigenvalue weighted by atomic mass is 10.1. The fraction of sp³-hybridized carbons (Fsp3) is 0.467. The summed E-state index contributed by atoms with van der Waals surface area (Å²) in [5.41, 5.74) is 1.06. The van der Waals surface area contributed by atoms with E-state index in [0.717, 1.165) is 12.0 Å². The molecular formula is C15H21N5O2. The first-order valence-corrected chi connectivity index (χ1v) is 7.43. The van der Waals surface area contributed by atoms with Crippen molar-refractivity contribution >= 4 is 5.91 Å². The van der Waals surface area contributed by atoms with Gasteiger partial charge in [0.2, 0.25) is 5.91 Å². The van der Waals surface area contributed by atoms with E-state index in [1.54, 1.807) is 0 Å². The van der Waals surface area contributed by atoms with Crippen LogP contribution in [0.2, 0.25) is 0 Å². The Morgan fingerprint density at radius 3 is 2.86 bits per heavy atom. The summed E-state index contributed by atoms with van der Waals surface area (Å²) in [6.45, 7) is 3.86. The molecule has 0 aliphatic heterocycles. The Kier molecular flexibility index (Phi) is 6.50. The smallest absolute Gasteiger partial charge is 0.245 e. The molecule has 1 aromatic carbocycles. The van der Waals surface area contributed by atoms with E-state index in [1.165, 1.54) is 11.0 Å². The van der Waals surface area contributed by atoms with Gasteiger partial charge >= 0.3 is 0 Å². The van der Waals surface area contributed by atoms with Crippen molar-refractivity contribution in [2.24, 2.45) is 0 Å².